The summed E-state index contributed by atoms with van der Waals surface area (Å²) >= 11 is 0. The minimum absolute atomic E-state index is 0.105. The zero-order valence-electron chi connectivity index (χ0n) is 48.2. The van der Waals surface area contributed by atoms with Crippen LogP contribution in [-0.4, -0.2) is 96.7 Å². The maximum Gasteiger partial charge on any atom is 0.472 e. The van der Waals surface area contributed by atoms with Gasteiger partial charge in [0.15, 0.2) is 12.2 Å². The molecule has 0 aromatic carbocycles. The van der Waals surface area contributed by atoms with Gasteiger partial charge < -0.3 is 33.8 Å². The first-order chi connectivity index (χ1) is 36.7. The molecule has 0 amide bonds. The highest BCUT2D eigenvalue weighted by molar-refractivity contribution is 7.47. The Morgan fingerprint density at radius 2 is 0.526 bits per heavy atom. The standard InChI is InChI=1S/C57H110O17P2/c1-5-9-13-17-21-23-24-25-26-27-28-29-32-36-40-44-57(62)74-52(47-67-54(59)41-37-33-20-16-12-8-4)49-71-75(63,64)69-45-51(58)46-70-76(65,66)72-50-53(48-68-55(60)42-38-34-30-19-15-11-7-3)73-56(61)43-39-35-31-22-18-14-10-6-2/h51-53,58H,5-50H2,1-4H3,(H,63,64)(H,65,66)/t51-,52-,53-/m1/s1. The van der Waals surface area contributed by atoms with Gasteiger partial charge in [0.2, 0.25) is 0 Å². The average Bonchev–Trinajstić information content (AvgIpc) is 3.39. The van der Waals surface area contributed by atoms with Crippen molar-refractivity contribution >= 4 is 39.5 Å². The van der Waals surface area contributed by atoms with E-state index in [-0.39, 0.29) is 25.7 Å². The molecule has 0 radical (unpaired) electrons. The molecule has 0 saturated carbocycles. The third-order valence-electron chi connectivity index (χ3n) is 13.1. The zero-order valence-corrected chi connectivity index (χ0v) is 50.0. The van der Waals surface area contributed by atoms with Crippen LogP contribution < -0.4 is 0 Å². The maximum atomic E-state index is 12.9. The Morgan fingerprint density at radius 3 is 0.776 bits per heavy atom. The molecule has 3 N–H and O–H groups in total. The van der Waals surface area contributed by atoms with Crippen molar-refractivity contribution in [1.29, 1.82) is 0 Å². The number of hydrogen-bond acceptors (Lipinski definition) is 15. The van der Waals surface area contributed by atoms with E-state index >= 15 is 0 Å². The Hall–Kier alpha value is -1.94. The molecular formula is C57H110O17P2. The molecule has 0 heterocycles. The molecule has 0 bridgehead atoms. The molecule has 0 saturated heterocycles. The predicted molar refractivity (Wildman–Crippen MR) is 299 cm³/mol. The van der Waals surface area contributed by atoms with Gasteiger partial charge in [-0.1, -0.05) is 233 Å². The van der Waals surface area contributed by atoms with Gasteiger partial charge >= 0.3 is 39.5 Å². The minimum Gasteiger partial charge on any atom is -0.462 e. The predicted octanol–water partition coefficient (Wildman–Crippen LogP) is 15.2. The highest BCUT2D eigenvalue weighted by Gasteiger charge is 2.30. The van der Waals surface area contributed by atoms with Crippen LogP contribution in [0.25, 0.3) is 0 Å². The molecule has 450 valence electrons. The van der Waals surface area contributed by atoms with Crippen molar-refractivity contribution in [1.82, 2.24) is 0 Å². The fourth-order valence-corrected chi connectivity index (χ4v) is 9.98. The Labute approximate surface area is 460 Å². The number of rotatable bonds is 58. The normalized spacial score (nSPS) is 14.4. The lowest BCUT2D eigenvalue weighted by Crippen LogP contribution is -2.30. The SMILES string of the molecule is CCCCCCCCCCCCCCCCCC(=O)O[C@H](COC(=O)CCCCCCCC)COP(=O)(O)OC[C@@H](O)COP(=O)(O)OC[C@@H](COC(=O)CCCCCCCCC)OC(=O)CCCCCCCCCC. The number of aliphatic hydroxyl groups is 1. The summed E-state index contributed by atoms with van der Waals surface area (Å²) in [5.74, 6) is -2.16. The molecule has 0 aliphatic rings. The summed E-state index contributed by atoms with van der Waals surface area (Å²) in [4.78, 5) is 71.5. The molecular weight excluding hydrogens is 1020 g/mol. The fourth-order valence-electron chi connectivity index (χ4n) is 8.40. The molecule has 0 aromatic rings. The minimum atomic E-state index is -4.93. The zero-order chi connectivity index (χ0) is 56.2. The van der Waals surface area contributed by atoms with Crippen LogP contribution in [0.5, 0.6) is 0 Å². The van der Waals surface area contributed by atoms with Gasteiger partial charge in [-0.2, -0.15) is 0 Å². The molecule has 0 spiro atoms. The number of aliphatic hydroxyl groups excluding tert-OH is 1. The molecule has 2 unspecified atom stereocenters. The highest BCUT2D eigenvalue weighted by Crippen LogP contribution is 2.45. The Balaban J connectivity index is 5.12. The first kappa shape index (κ1) is 74.1. The monoisotopic (exact) mass is 1130 g/mol. The Kier molecular flexibility index (Phi) is 51.1. The van der Waals surface area contributed by atoms with Crippen LogP contribution >= 0.6 is 15.6 Å². The molecule has 0 aromatic heterocycles. The van der Waals surface area contributed by atoms with Crippen molar-refractivity contribution in [2.45, 2.75) is 303 Å². The van der Waals surface area contributed by atoms with E-state index in [0.29, 0.717) is 25.7 Å². The van der Waals surface area contributed by atoms with Gasteiger partial charge in [0, 0.05) is 25.7 Å². The summed E-state index contributed by atoms with van der Waals surface area (Å²) in [6.45, 7) is 4.72. The van der Waals surface area contributed by atoms with Gasteiger partial charge in [0.1, 0.15) is 19.3 Å². The Bertz CT molecular complexity index is 1490. The van der Waals surface area contributed by atoms with E-state index in [1.165, 1.54) is 83.5 Å². The molecule has 5 atom stereocenters. The summed E-state index contributed by atoms with van der Waals surface area (Å²) in [6.07, 6.45) is 35.2. The van der Waals surface area contributed by atoms with Crippen LogP contribution in [0.2, 0.25) is 0 Å². The number of ether oxygens (including phenoxy) is 4. The number of carbonyl (C=O) groups is 4. The highest BCUT2D eigenvalue weighted by atomic mass is 31.2. The van der Waals surface area contributed by atoms with Crippen molar-refractivity contribution in [2.75, 3.05) is 39.6 Å². The Morgan fingerprint density at radius 1 is 0.316 bits per heavy atom. The van der Waals surface area contributed by atoms with Crippen molar-refractivity contribution in [3.63, 3.8) is 0 Å². The van der Waals surface area contributed by atoms with Crippen LogP contribution in [0.3, 0.4) is 0 Å². The van der Waals surface area contributed by atoms with Crippen molar-refractivity contribution in [3.05, 3.63) is 0 Å². The lowest BCUT2D eigenvalue weighted by Gasteiger charge is -2.21. The van der Waals surface area contributed by atoms with Crippen LogP contribution in [0.4, 0.5) is 0 Å². The van der Waals surface area contributed by atoms with E-state index in [0.717, 1.165) is 122 Å². The fraction of sp³-hybridized carbons (Fsp3) is 0.930. The smallest absolute Gasteiger partial charge is 0.462 e. The van der Waals surface area contributed by atoms with Gasteiger partial charge in [-0.3, -0.25) is 37.3 Å². The van der Waals surface area contributed by atoms with Gasteiger partial charge in [0.05, 0.1) is 26.4 Å². The second-order valence-electron chi connectivity index (χ2n) is 20.7. The van der Waals surface area contributed by atoms with E-state index < -0.39 is 97.5 Å². The summed E-state index contributed by atoms with van der Waals surface area (Å²) in [7, 11) is -9.86. The third-order valence-corrected chi connectivity index (χ3v) is 15.0. The number of carbonyl (C=O) groups excluding carboxylic acids is 4. The summed E-state index contributed by atoms with van der Waals surface area (Å²) < 4.78 is 67.4. The molecule has 0 fully saturated rings. The topological polar surface area (TPSA) is 237 Å². The molecule has 17 nitrogen and oxygen atoms in total. The van der Waals surface area contributed by atoms with Gasteiger partial charge in [-0.15, -0.1) is 0 Å². The number of phosphoric ester groups is 2. The van der Waals surface area contributed by atoms with Gasteiger partial charge in [0.25, 0.3) is 0 Å². The van der Waals surface area contributed by atoms with Crippen LogP contribution in [-0.2, 0) is 65.4 Å². The van der Waals surface area contributed by atoms with E-state index in [9.17, 15) is 43.2 Å². The van der Waals surface area contributed by atoms with Crippen molar-refractivity contribution in [2.24, 2.45) is 0 Å². The summed E-state index contributed by atoms with van der Waals surface area (Å²) in [6, 6.07) is 0. The summed E-state index contributed by atoms with van der Waals surface area (Å²) in [5, 5.41) is 10.5. The van der Waals surface area contributed by atoms with Crippen molar-refractivity contribution < 1.29 is 80.2 Å². The summed E-state index contributed by atoms with van der Waals surface area (Å²) in [5.41, 5.74) is 0. The number of unbranched alkanes of at least 4 members (excludes halogenated alkanes) is 32. The van der Waals surface area contributed by atoms with E-state index in [1.54, 1.807) is 0 Å². The molecule has 19 heteroatoms. The van der Waals surface area contributed by atoms with Crippen molar-refractivity contribution in [3.8, 4) is 0 Å². The molecule has 0 aliphatic carbocycles. The second kappa shape index (κ2) is 52.4. The van der Waals surface area contributed by atoms with E-state index in [4.69, 9.17) is 37.0 Å². The third kappa shape index (κ3) is 51.5. The molecule has 0 aliphatic heterocycles. The quantitative estimate of drug-likeness (QED) is 0.0222. The van der Waals surface area contributed by atoms with Crippen LogP contribution in [0.1, 0.15) is 285 Å². The first-order valence-electron chi connectivity index (χ1n) is 30.3. The maximum absolute atomic E-state index is 12.9. The van der Waals surface area contributed by atoms with Gasteiger partial charge in [-0.25, -0.2) is 9.13 Å². The van der Waals surface area contributed by atoms with E-state index in [1.807, 2.05) is 0 Å². The number of esters is 4. The molecule has 76 heavy (non-hydrogen) atoms. The van der Waals surface area contributed by atoms with Crippen LogP contribution in [0.15, 0.2) is 0 Å². The van der Waals surface area contributed by atoms with E-state index in [2.05, 4.69) is 27.7 Å². The lowest BCUT2D eigenvalue weighted by molar-refractivity contribution is -0.161. The number of phosphoric acid groups is 2. The second-order valence-corrected chi connectivity index (χ2v) is 23.6. The van der Waals surface area contributed by atoms with Crippen LogP contribution in [0, 0.1) is 0 Å². The molecule has 0 rings (SSSR count). The van der Waals surface area contributed by atoms with Gasteiger partial charge in [-0.05, 0) is 25.7 Å². The number of hydrogen-bond donors (Lipinski definition) is 3. The first-order valence-corrected chi connectivity index (χ1v) is 33.3. The average molecular weight is 1130 g/mol. The lowest BCUT2D eigenvalue weighted by atomic mass is 10.0. The largest absolute Gasteiger partial charge is 0.472 e.